The molecule has 1 saturated heterocycles. The quantitative estimate of drug-likeness (QED) is 0.611. The number of likely N-dealkylation sites (tertiary alicyclic amines) is 1. The summed E-state index contributed by atoms with van der Waals surface area (Å²) >= 11 is 4.50. The predicted octanol–water partition coefficient (Wildman–Crippen LogP) is 1.50. The maximum absolute atomic E-state index is 9.71. The summed E-state index contributed by atoms with van der Waals surface area (Å²) in [5, 5.41) is 9.71. The van der Waals surface area contributed by atoms with Gasteiger partial charge in [0, 0.05) is 13.1 Å². The van der Waals surface area contributed by atoms with Crippen LogP contribution in [-0.4, -0.2) is 33.6 Å². The Morgan fingerprint density at radius 3 is 2.08 bits per heavy atom. The second kappa shape index (κ2) is 3.20. The van der Waals surface area contributed by atoms with Gasteiger partial charge in [0.05, 0.1) is 10.5 Å². The standard InChI is InChI=1S/C9H19NOS/c1-8(2,12)10-6-4-9(3,11)5-7-10/h11-12H,4-7H2,1-3H3. The van der Waals surface area contributed by atoms with Gasteiger partial charge in [0.15, 0.2) is 0 Å². The molecule has 1 rings (SSSR count). The van der Waals surface area contributed by atoms with Crippen molar-refractivity contribution in [3.8, 4) is 0 Å². The molecule has 0 aromatic heterocycles. The Bertz CT molecular complexity index is 152. The zero-order chi connectivity index (χ0) is 9.41. The van der Waals surface area contributed by atoms with Gasteiger partial charge in [-0.2, -0.15) is 12.6 Å². The van der Waals surface area contributed by atoms with Crippen LogP contribution in [0, 0.1) is 0 Å². The number of hydrogen-bond acceptors (Lipinski definition) is 3. The Balaban J connectivity index is 2.47. The molecule has 0 aromatic rings. The lowest BCUT2D eigenvalue weighted by Crippen LogP contribution is -2.49. The van der Waals surface area contributed by atoms with Crippen LogP contribution >= 0.6 is 12.6 Å². The van der Waals surface area contributed by atoms with Crippen molar-refractivity contribution >= 4 is 12.6 Å². The van der Waals surface area contributed by atoms with E-state index in [0.717, 1.165) is 25.9 Å². The first kappa shape index (κ1) is 10.4. The van der Waals surface area contributed by atoms with E-state index in [9.17, 15) is 5.11 Å². The molecule has 1 fully saturated rings. The maximum Gasteiger partial charge on any atom is 0.0644 e. The van der Waals surface area contributed by atoms with E-state index in [1.165, 1.54) is 0 Å². The fourth-order valence-corrected chi connectivity index (χ4v) is 1.74. The topological polar surface area (TPSA) is 23.5 Å². The first-order valence-corrected chi connectivity index (χ1v) is 4.96. The summed E-state index contributed by atoms with van der Waals surface area (Å²) in [4.78, 5) is 2.25. The van der Waals surface area contributed by atoms with Crippen LogP contribution in [0.15, 0.2) is 0 Å². The van der Waals surface area contributed by atoms with Gasteiger partial charge in [-0.05, 0) is 33.6 Å². The third kappa shape index (κ3) is 2.64. The number of nitrogens with zero attached hydrogens (tertiary/aromatic N) is 1. The summed E-state index contributed by atoms with van der Waals surface area (Å²) in [5.41, 5.74) is -0.449. The lowest BCUT2D eigenvalue weighted by Gasteiger charge is -2.42. The van der Waals surface area contributed by atoms with Gasteiger partial charge in [-0.3, -0.25) is 4.90 Å². The largest absolute Gasteiger partial charge is 0.390 e. The third-order valence-corrected chi connectivity index (χ3v) is 2.90. The summed E-state index contributed by atoms with van der Waals surface area (Å²) in [6.45, 7) is 8.00. The van der Waals surface area contributed by atoms with Crippen LogP contribution < -0.4 is 0 Å². The second-order valence-corrected chi connectivity index (χ2v) is 5.57. The van der Waals surface area contributed by atoms with Crippen LogP contribution in [0.3, 0.4) is 0 Å². The van der Waals surface area contributed by atoms with E-state index in [1.54, 1.807) is 0 Å². The molecule has 1 N–H and O–H groups in total. The molecule has 1 aliphatic rings. The molecule has 12 heavy (non-hydrogen) atoms. The lowest BCUT2D eigenvalue weighted by molar-refractivity contribution is -0.0167. The van der Waals surface area contributed by atoms with Crippen LogP contribution in [0.2, 0.25) is 0 Å². The zero-order valence-electron chi connectivity index (χ0n) is 8.17. The zero-order valence-corrected chi connectivity index (χ0v) is 9.06. The molecule has 0 aliphatic carbocycles. The molecule has 0 spiro atoms. The number of aliphatic hydroxyl groups is 1. The van der Waals surface area contributed by atoms with E-state index < -0.39 is 5.60 Å². The Morgan fingerprint density at radius 1 is 1.33 bits per heavy atom. The minimum absolute atomic E-state index is 0.0451. The summed E-state index contributed by atoms with van der Waals surface area (Å²) < 4.78 is 0. The summed E-state index contributed by atoms with van der Waals surface area (Å²) in [6, 6.07) is 0. The number of thiol groups is 1. The highest BCUT2D eigenvalue weighted by Crippen LogP contribution is 2.28. The Hall–Kier alpha value is 0.270. The van der Waals surface area contributed by atoms with Gasteiger partial charge in [-0.15, -0.1) is 0 Å². The molecule has 0 radical (unpaired) electrons. The van der Waals surface area contributed by atoms with Crippen molar-refractivity contribution < 1.29 is 5.11 Å². The molecule has 1 heterocycles. The van der Waals surface area contributed by atoms with Gasteiger partial charge in [-0.25, -0.2) is 0 Å². The smallest absolute Gasteiger partial charge is 0.0644 e. The highest BCUT2D eigenvalue weighted by Gasteiger charge is 2.32. The molecule has 0 amide bonds. The molecular weight excluding hydrogens is 170 g/mol. The summed E-state index contributed by atoms with van der Waals surface area (Å²) in [6.07, 6.45) is 1.72. The molecule has 0 aromatic carbocycles. The van der Waals surface area contributed by atoms with Crippen LogP contribution in [0.25, 0.3) is 0 Å². The molecule has 72 valence electrons. The molecule has 0 atom stereocenters. The van der Waals surface area contributed by atoms with E-state index in [-0.39, 0.29) is 4.87 Å². The van der Waals surface area contributed by atoms with E-state index in [0.29, 0.717) is 0 Å². The van der Waals surface area contributed by atoms with Gasteiger partial charge in [0.1, 0.15) is 0 Å². The van der Waals surface area contributed by atoms with Crippen molar-refractivity contribution in [2.75, 3.05) is 13.1 Å². The first-order chi connectivity index (χ1) is 5.31. The SMILES string of the molecule is CC1(O)CCN(C(C)(C)S)CC1. The molecule has 0 unspecified atom stereocenters. The van der Waals surface area contributed by atoms with Crippen molar-refractivity contribution in [1.29, 1.82) is 0 Å². The molecular formula is C9H19NOS. The summed E-state index contributed by atoms with van der Waals surface area (Å²) in [7, 11) is 0. The van der Waals surface area contributed by atoms with Gasteiger partial charge in [0.2, 0.25) is 0 Å². The Labute approximate surface area is 80.4 Å². The fourth-order valence-electron chi connectivity index (χ4n) is 1.54. The average molecular weight is 189 g/mol. The van der Waals surface area contributed by atoms with Crippen LogP contribution in [0.5, 0.6) is 0 Å². The highest BCUT2D eigenvalue weighted by molar-refractivity contribution is 7.81. The van der Waals surface area contributed by atoms with Crippen molar-refractivity contribution in [1.82, 2.24) is 4.90 Å². The summed E-state index contributed by atoms with van der Waals surface area (Å²) in [5.74, 6) is 0. The molecule has 0 saturated carbocycles. The Morgan fingerprint density at radius 2 is 1.75 bits per heavy atom. The molecule has 2 nitrogen and oxygen atoms in total. The second-order valence-electron chi connectivity index (χ2n) is 4.48. The van der Waals surface area contributed by atoms with E-state index in [2.05, 4.69) is 31.4 Å². The maximum atomic E-state index is 9.71. The monoisotopic (exact) mass is 189 g/mol. The molecule has 0 bridgehead atoms. The van der Waals surface area contributed by atoms with E-state index in [1.807, 2.05) is 6.92 Å². The molecule has 1 aliphatic heterocycles. The van der Waals surface area contributed by atoms with Crippen molar-refractivity contribution in [3.05, 3.63) is 0 Å². The van der Waals surface area contributed by atoms with Crippen LogP contribution in [0.4, 0.5) is 0 Å². The van der Waals surface area contributed by atoms with Crippen molar-refractivity contribution in [3.63, 3.8) is 0 Å². The predicted molar refractivity (Wildman–Crippen MR) is 54.5 cm³/mol. The fraction of sp³-hybridized carbons (Fsp3) is 1.00. The van der Waals surface area contributed by atoms with E-state index >= 15 is 0 Å². The van der Waals surface area contributed by atoms with Gasteiger partial charge in [-0.1, -0.05) is 0 Å². The first-order valence-electron chi connectivity index (χ1n) is 4.51. The molecule has 3 heteroatoms. The van der Waals surface area contributed by atoms with Gasteiger partial charge in [0.25, 0.3) is 0 Å². The number of rotatable bonds is 1. The normalized spacial score (nSPS) is 25.8. The average Bonchev–Trinajstić information content (AvgIpc) is 1.83. The van der Waals surface area contributed by atoms with Crippen molar-refractivity contribution in [2.45, 2.75) is 44.1 Å². The highest BCUT2D eigenvalue weighted by atomic mass is 32.1. The van der Waals surface area contributed by atoms with Crippen LogP contribution in [-0.2, 0) is 0 Å². The van der Waals surface area contributed by atoms with Gasteiger partial charge >= 0.3 is 0 Å². The van der Waals surface area contributed by atoms with Gasteiger partial charge < -0.3 is 5.11 Å². The number of piperidine rings is 1. The Kier molecular flexibility index (Phi) is 2.76. The lowest BCUT2D eigenvalue weighted by atomic mass is 9.93. The van der Waals surface area contributed by atoms with Crippen LogP contribution in [0.1, 0.15) is 33.6 Å². The number of hydrogen-bond donors (Lipinski definition) is 2. The minimum Gasteiger partial charge on any atom is -0.390 e. The van der Waals surface area contributed by atoms with Crippen molar-refractivity contribution in [2.24, 2.45) is 0 Å². The third-order valence-electron chi connectivity index (χ3n) is 2.61. The van der Waals surface area contributed by atoms with E-state index in [4.69, 9.17) is 0 Å². The minimum atomic E-state index is -0.449.